The summed E-state index contributed by atoms with van der Waals surface area (Å²) in [5.74, 6) is 0.931. The van der Waals surface area contributed by atoms with Gasteiger partial charge in [0.1, 0.15) is 6.61 Å². The Bertz CT molecular complexity index is 512. The smallest absolute Gasteiger partial charge is 0.333 e. The highest BCUT2D eigenvalue weighted by Gasteiger charge is 2.42. The molecule has 0 aromatic heterocycles. The van der Waals surface area contributed by atoms with E-state index in [0.717, 1.165) is 12.0 Å². The Morgan fingerprint density at radius 3 is 2.91 bits per heavy atom. The maximum absolute atomic E-state index is 11.8. The van der Waals surface area contributed by atoms with Crippen molar-refractivity contribution < 1.29 is 9.53 Å². The summed E-state index contributed by atoms with van der Waals surface area (Å²) in [5.41, 5.74) is 3.76. The molecule has 0 bridgehead atoms. The van der Waals surface area contributed by atoms with E-state index in [1.165, 1.54) is 25.7 Å². The highest BCUT2D eigenvalue weighted by atomic mass is 16.5. The fraction of sp³-hybridized carbons (Fsp3) is 0.650. The summed E-state index contributed by atoms with van der Waals surface area (Å²) in [5, 5.41) is 0. The average molecular weight is 302 g/mol. The molecule has 22 heavy (non-hydrogen) atoms. The molecule has 2 aliphatic rings. The van der Waals surface area contributed by atoms with Crippen LogP contribution in [0.5, 0.6) is 0 Å². The van der Waals surface area contributed by atoms with E-state index in [0.29, 0.717) is 29.4 Å². The number of rotatable bonds is 4. The predicted octanol–water partition coefficient (Wildman–Crippen LogP) is 5.21. The average Bonchev–Trinajstić information content (AvgIpc) is 2.51. The molecular formula is C20H30O2. The van der Waals surface area contributed by atoms with Crippen molar-refractivity contribution in [3.05, 3.63) is 35.5 Å². The van der Waals surface area contributed by atoms with Gasteiger partial charge in [0.15, 0.2) is 0 Å². The van der Waals surface area contributed by atoms with E-state index in [2.05, 4.69) is 26.5 Å². The molecule has 0 saturated heterocycles. The van der Waals surface area contributed by atoms with E-state index in [4.69, 9.17) is 4.74 Å². The van der Waals surface area contributed by atoms with Crippen molar-refractivity contribution in [3.8, 4) is 0 Å². The molecule has 0 aromatic carbocycles. The molecule has 2 nitrogen and oxygen atoms in total. The van der Waals surface area contributed by atoms with Gasteiger partial charge in [0.05, 0.1) is 0 Å². The fourth-order valence-corrected chi connectivity index (χ4v) is 4.05. The Morgan fingerprint density at radius 2 is 2.23 bits per heavy atom. The molecule has 0 N–H and O–H groups in total. The summed E-state index contributed by atoms with van der Waals surface area (Å²) in [6, 6.07) is 0. The Balaban J connectivity index is 1.94. The second-order valence-corrected chi connectivity index (χ2v) is 7.37. The maximum atomic E-state index is 11.8. The van der Waals surface area contributed by atoms with Crippen LogP contribution in [0.25, 0.3) is 0 Å². The molecule has 2 rings (SSSR count). The maximum Gasteiger partial charge on any atom is 0.333 e. The Morgan fingerprint density at radius 1 is 1.50 bits per heavy atom. The SMILES string of the molecule is C=C(COC(=O)C(C)=CC)C1CCC2(C)CCC=C(C)C2C1. The van der Waals surface area contributed by atoms with Crippen LogP contribution < -0.4 is 0 Å². The number of ether oxygens (including phenoxy) is 1. The van der Waals surface area contributed by atoms with E-state index in [1.807, 2.05) is 6.92 Å². The van der Waals surface area contributed by atoms with Crippen LogP contribution in [0.4, 0.5) is 0 Å². The minimum absolute atomic E-state index is 0.224. The topological polar surface area (TPSA) is 26.3 Å². The molecule has 0 spiro atoms. The molecule has 0 heterocycles. The summed E-state index contributed by atoms with van der Waals surface area (Å²) < 4.78 is 5.38. The molecule has 0 amide bonds. The molecule has 1 fully saturated rings. The minimum atomic E-state index is -0.224. The van der Waals surface area contributed by atoms with E-state index in [9.17, 15) is 4.79 Å². The quantitative estimate of drug-likeness (QED) is 0.404. The molecule has 0 radical (unpaired) electrons. The fourth-order valence-electron chi connectivity index (χ4n) is 4.05. The van der Waals surface area contributed by atoms with Crippen molar-refractivity contribution in [3.63, 3.8) is 0 Å². The van der Waals surface area contributed by atoms with Crippen LogP contribution in [0, 0.1) is 17.3 Å². The third kappa shape index (κ3) is 3.53. The standard InChI is InChI=1S/C20H30O2/c1-6-14(2)19(21)22-13-16(4)17-9-11-20(5)10-7-8-15(3)18(20)12-17/h6,8,17-18H,4,7,9-13H2,1-3,5H3. The summed E-state index contributed by atoms with van der Waals surface area (Å²) >= 11 is 0. The number of hydrogen-bond donors (Lipinski definition) is 0. The third-order valence-corrected chi connectivity index (χ3v) is 5.88. The normalized spacial score (nSPS) is 32.0. The lowest BCUT2D eigenvalue weighted by atomic mass is 9.57. The zero-order valence-electron chi connectivity index (χ0n) is 14.6. The van der Waals surface area contributed by atoms with Crippen LogP contribution >= 0.6 is 0 Å². The lowest BCUT2D eigenvalue weighted by Crippen LogP contribution is -2.37. The Kier molecular flexibility index (Phi) is 5.31. The van der Waals surface area contributed by atoms with Crippen LogP contribution in [0.1, 0.15) is 59.8 Å². The zero-order chi connectivity index (χ0) is 16.3. The number of fused-ring (bicyclic) bond motifs is 1. The predicted molar refractivity (Wildman–Crippen MR) is 91.5 cm³/mol. The largest absolute Gasteiger partial charge is 0.458 e. The van der Waals surface area contributed by atoms with Gasteiger partial charge in [-0.25, -0.2) is 4.79 Å². The lowest BCUT2D eigenvalue weighted by Gasteiger charge is -2.48. The lowest BCUT2D eigenvalue weighted by molar-refractivity contribution is -0.138. The van der Waals surface area contributed by atoms with Crippen molar-refractivity contribution in [2.24, 2.45) is 17.3 Å². The van der Waals surface area contributed by atoms with Gasteiger partial charge in [0.2, 0.25) is 0 Å². The van der Waals surface area contributed by atoms with Crippen molar-refractivity contribution in [1.29, 1.82) is 0 Å². The first-order valence-corrected chi connectivity index (χ1v) is 8.51. The number of esters is 1. The zero-order valence-corrected chi connectivity index (χ0v) is 14.6. The van der Waals surface area contributed by atoms with Crippen molar-refractivity contribution in [2.45, 2.75) is 59.8 Å². The molecule has 3 unspecified atom stereocenters. The van der Waals surface area contributed by atoms with Gasteiger partial charge in [-0.3, -0.25) is 0 Å². The van der Waals surface area contributed by atoms with Gasteiger partial charge in [-0.15, -0.1) is 0 Å². The molecule has 3 atom stereocenters. The summed E-state index contributed by atoms with van der Waals surface area (Å²) in [4.78, 5) is 11.8. The second kappa shape index (κ2) is 6.85. The molecule has 122 valence electrons. The highest BCUT2D eigenvalue weighted by Crippen LogP contribution is 2.52. The number of carbonyl (C=O) groups excluding carboxylic acids is 1. The number of allylic oxidation sites excluding steroid dienone is 3. The summed E-state index contributed by atoms with van der Waals surface area (Å²) in [6.07, 6.45) is 10.3. The first-order chi connectivity index (χ1) is 10.4. The van der Waals surface area contributed by atoms with Crippen LogP contribution in [-0.2, 0) is 9.53 Å². The third-order valence-electron chi connectivity index (χ3n) is 5.88. The van der Waals surface area contributed by atoms with E-state index < -0.39 is 0 Å². The molecule has 2 heteroatoms. The van der Waals surface area contributed by atoms with Gasteiger partial charge < -0.3 is 4.74 Å². The van der Waals surface area contributed by atoms with E-state index in [-0.39, 0.29) is 5.97 Å². The highest BCUT2D eigenvalue weighted by molar-refractivity contribution is 5.87. The Hall–Kier alpha value is -1.31. The van der Waals surface area contributed by atoms with Crippen molar-refractivity contribution in [2.75, 3.05) is 6.61 Å². The second-order valence-electron chi connectivity index (χ2n) is 7.37. The van der Waals surface area contributed by atoms with Gasteiger partial charge in [-0.2, -0.15) is 0 Å². The Labute approximate surface area is 135 Å². The van der Waals surface area contributed by atoms with Crippen LogP contribution in [0.3, 0.4) is 0 Å². The van der Waals surface area contributed by atoms with Crippen molar-refractivity contribution in [1.82, 2.24) is 0 Å². The molecule has 0 aliphatic heterocycles. The van der Waals surface area contributed by atoms with Gasteiger partial charge >= 0.3 is 5.97 Å². The van der Waals surface area contributed by atoms with Gasteiger partial charge in [-0.1, -0.05) is 31.2 Å². The van der Waals surface area contributed by atoms with Gasteiger partial charge in [0.25, 0.3) is 0 Å². The van der Waals surface area contributed by atoms with Crippen LogP contribution in [0.15, 0.2) is 35.5 Å². The summed E-state index contributed by atoms with van der Waals surface area (Å²) in [7, 11) is 0. The van der Waals surface area contributed by atoms with Gasteiger partial charge in [0, 0.05) is 5.57 Å². The molecular weight excluding hydrogens is 272 g/mol. The monoisotopic (exact) mass is 302 g/mol. The first-order valence-electron chi connectivity index (χ1n) is 8.51. The van der Waals surface area contributed by atoms with Crippen LogP contribution in [-0.4, -0.2) is 12.6 Å². The van der Waals surface area contributed by atoms with Crippen LogP contribution in [0.2, 0.25) is 0 Å². The van der Waals surface area contributed by atoms with E-state index in [1.54, 1.807) is 18.6 Å². The summed E-state index contributed by atoms with van der Waals surface area (Å²) in [6.45, 7) is 12.9. The van der Waals surface area contributed by atoms with E-state index >= 15 is 0 Å². The van der Waals surface area contributed by atoms with Gasteiger partial charge in [-0.05, 0) is 75.7 Å². The minimum Gasteiger partial charge on any atom is -0.458 e. The molecule has 2 aliphatic carbocycles. The first kappa shape index (κ1) is 17.1. The number of carbonyl (C=O) groups is 1. The molecule has 1 saturated carbocycles. The molecule has 0 aromatic rings. The number of hydrogen-bond acceptors (Lipinski definition) is 2. The van der Waals surface area contributed by atoms with Crippen molar-refractivity contribution >= 4 is 5.97 Å².